The second-order valence-corrected chi connectivity index (χ2v) is 5.00. The topological polar surface area (TPSA) is 49.3 Å². The third kappa shape index (κ3) is 4.19. The molecule has 0 aliphatic carbocycles. The molecule has 1 rings (SSSR count). The van der Waals surface area contributed by atoms with E-state index in [4.69, 9.17) is 5.11 Å². The van der Waals surface area contributed by atoms with Gasteiger partial charge in [-0.25, -0.2) is 4.39 Å². The molecule has 20 heavy (non-hydrogen) atoms. The van der Waals surface area contributed by atoms with E-state index in [-0.39, 0.29) is 13.0 Å². The number of carbonyl (C=O) groups is 1. The number of amides is 1. The number of hydrogen-bond acceptors (Lipinski definition) is 2. The van der Waals surface area contributed by atoms with Gasteiger partial charge in [0, 0.05) is 12.1 Å². The third-order valence-electron chi connectivity index (χ3n) is 2.73. The van der Waals surface area contributed by atoms with Gasteiger partial charge in [-0.1, -0.05) is 0 Å². The molecule has 0 fully saturated rings. The summed E-state index contributed by atoms with van der Waals surface area (Å²) in [6, 6.07) is 1.65. The maximum Gasteiger partial charge on any atom is 0.416 e. The summed E-state index contributed by atoms with van der Waals surface area (Å²) in [7, 11) is 0. The Morgan fingerprint density at radius 3 is 2.40 bits per heavy atom. The summed E-state index contributed by atoms with van der Waals surface area (Å²) < 4.78 is 51.1. The monoisotopic (exact) mass is 293 g/mol. The van der Waals surface area contributed by atoms with Crippen molar-refractivity contribution in [1.82, 2.24) is 5.32 Å². The minimum absolute atomic E-state index is 0.194. The van der Waals surface area contributed by atoms with E-state index in [9.17, 15) is 22.4 Å². The Kier molecular flexibility index (Phi) is 4.75. The van der Waals surface area contributed by atoms with Crippen LogP contribution in [0, 0.1) is 5.82 Å². The van der Waals surface area contributed by atoms with E-state index >= 15 is 0 Å². The van der Waals surface area contributed by atoms with E-state index in [0.717, 1.165) is 0 Å². The summed E-state index contributed by atoms with van der Waals surface area (Å²) in [6.07, 6.45) is -4.46. The van der Waals surface area contributed by atoms with Crippen molar-refractivity contribution in [1.29, 1.82) is 0 Å². The van der Waals surface area contributed by atoms with Crippen LogP contribution in [-0.4, -0.2) is 23.2 Å². The van der Waals surface area contributed by atoms with Crippen LogP contribution in [-0.2, 0) is 6.18 Å². The van der Waals surface area contributed by atoms with Crippen molar-refractivity contribution in [2.24, 2.45) is 0 Å². The Labute approximate surface area is 113 Å². The van der Waals surface area contributed by atoms with Gasteiger partial charge < -0.3 is 10.4 Å². The first-order valence-electron chi connectivity index (χ1n) is 5.87. The molecule has 0 heterocycles. The Morgan fingerprint density at radius 2 is 1.90 bits per heavy atom. The minimum Gasteiger partial charge on any atom is -0.396 e. The Hall–Kier alpha value is -1.63. The average Bonchev–Trinajstić information content (AvgIpc) is 2.26. The van der Waals surface area contributed by atoms with Crippen molar-refractivity contribution >= 4 is 5.91 Å². The highest BCUT2D eigenvalue weighted by atomic mass is 19.4. The molecule has 0 saturated heterocycles. The predicted molar refractivity (Wildman–Crippen MR) is 64.7 cm³/mol. The highest BCUT2D eigenvalue weighted by Crippen LogP contribution is 2.30. The SMILES string of the molecule is CC(C)(CCO)NC(=O)c1cc(C(F)(F)F)ccc1F. The zero-order valence-electron chi connectivity index (χ0n) is 11.0. The molecule has 7 heteroatoms. The standard InChI is InChI=1S/C13H15F4NO2/c1-12(2,5-6-19)18-11(20)9-7-8(13(15,16)17)3-4-10(9)14/h3-4,7,19H,5-6H2,1-2H3,(H,18,20). The predicted octanol–water partition coefficient (Wildman–Crippen LogP) is 2.74. The van der Waals surface area contributed by atoms with Crippen molar-refractivity contribution in [3.05, 3.63) is 35.1 Å². The first kappa shape index (κ1) is 16.4. The number of aliphatic hydroxyl groups is 1. The fourth-order valence-corrected chi connectivity index (χ4v) is 1.59. The second kappa shape index (κ2) is 5.78. The molecular formula is C13H15F4NO2. The summed E-state index contributed by atoms with van der Waals surface area (Å²) in [5.41, 5.74) is -2.62. The summed E-state index contributed by atoms with van der Waals surface area (Å²) >= 11 is 0. The smallest absolute Gasteiger partial charge is 0.396 e. The number of alkyl halides is 3. The van der Waals surface area contributed by atoms with Gasteiger partial charge in [0.1, 0.15) is 5.82 Å². The van der Waals surface area contributed by atoms with Crippen molar-refractivity contribution in [3.63, 3.8) is 0 Å². The Bertz CT molecular complexity index is 498. The van der Waals surface area contributed by atoms with Crippen LogP contribution in [0.15, 0.2) is 18.2 Å². The van der Waals surface area contributed by atoms with Crippen LogP contribution >= 0.6 is 0 Å². The lowest BCUT2D eigenvalue weighted by Gasteiger charge is -2.25. The average molecular weight is 293 g/mol. The van der Waals surface area contributed by atoms with Crippen LogP contribution in [0.2, 0.25) is 0 Å². The molecule has 0 unspecified atom stereocenters. The maximum absolute atomic E-state index is 13.5. The molecular weight excluding hydrogens is 278 g/mol. The molecule has 0 bridgehead atoms. The molecule has 0 saturated carbocycles. The number of rotatable bonds is 4. The lowest BCUT2D eigenvalue weighted by molar-refractivity contribution is -0.137. The molecule has 1 amide bonds. The van der Waals surface area contributed by atoms with Gasteiger partial charge >= 0.3 is 6.18 Å². The maximum atomic E-state index is 13.5. The molecule has 1 aromatic carbocycles. The van der Waals surface area contributed by atoms with E-state index < -0.39 is 34.6 Å². The fourth-order valence-electron chi connectivity index (χ4n) is 1.59. The second-order valence-electron chi connectivity index (χ2n) is 5.00. The molecule has 1 aromatic rings. The molecule has 0 spiro atoms. The van der Waals surface area contributed by atoms with E-state index in [0.29, 0.717) is 18.2 Å². The van der Waals surface area contributed by atoms with Crippen LogP contribution in [0.1, 0.15) is 36.2 Å². The van der Waals surface area contributed by atoms with Gasteiger partial charge in [0.15, 0.2) is 0 Å². The van der Waals surface area contributed by atoms with Gasteiger partial charge in [-0.3, -0.25) is 4.79 Å². The summed E-state index contributed by atoms with van der Waals surface area (Å²) in [4.78, 5) is 11.8. The lowest BCUT2D eigenvalue weighted by Crippen LogP contribution is -2.44. The van der Waals surface area contributed by atoms with Crippen LogP contribution < -0.4 is 5.32 Å². The summed E-state index contributed by atoms with van der Waals surface area (Å²) in [6.45, 7) is 2.94. The molecule has 0 aromatic heterocycles. The van der Waals surface area contributed by atoms with E-state index in [1.54, 1.807) is 13.8 Å². The summed E-state index contributed by atoms with van der Waals surface area (Å²) in [5.74, 6) is -1.98. The van der Waals surface area contributed by atoms with Gasteiger partial charge in [-0.15, -0.1) is 0 Å². The fraction of sp³-hybridized carbons (Fsp3) is 0.462. The lowest BCUT2D eigenvalue weighted by atomic mass is 10.00. The molecule has 0 aliphatic rings. The zero-order valence-corrected chi connectivity index (χ0v) is 11.0. The van der Waals surface area contributed by atoms with Crippen molar-refractivity contribution < 1.29 is 27.5 Å². The van der Waals surface area contributed by atoms with Gasteiger partial charge in [0.25, 0.3) is 5.91 Å². The molecule has 3 nitrogen and oxygen atoms in total. The first-order valence-corrected chi connectivity index (χ1v) is 5.87. The molecule has 0 radical (unpaired) electrons. The molecule has 0 atom stereocenters. The normalized spacial score (nSPS) is 12.3. The number of hydrogen-bond donors (Lipinski definition) is 2. The van der Waals surface area contributed by atoms with Gasteiger partial charge in [0.2, 0.25) is 0 Å². The van der Waals surface area contributed by atoms with Crippen molar-refractivity contribution in [2.75, 3.05) is 6.61 Å². The number of nitrogens with one attached hydrogen (secondary N) is 1. The van der Waals surface area contributed by atoms with E-state index in [1.807, 2.05) is 0 Å². The van der Waals surface area contributed by atoms with Crippen molar-refractivity contribution in [3.8, 4) is 0 Å². The van der Waals surface area contributed by atoms with Crippen LogP contribution in [0.25, 0.3) is 0 Å². The molecule has 2 N–H and O–H groups in total. The van der Waals surface area contributed by atoms with Gasteiger partial charge in [0.05, 0.1) is 11.1 Å². The van der Waals surface area contributed by atoms with E-state index in [2.05, 4.69) is 5.32 Å². The van der Waals surface area contributed by atoms with Crippen LogP contribution in [0.3, 0.4) is 0 Å². The quantitative estimate of drug-likeness (QED) is 0.839. The highest BCUT2D eigenvalue weighted by molar-refractivity contribution is 5.95. The van der Waals surface area contributed by atoms with Crippen LogP contribution in [0.5, 0.6) is 0 Å². The number of benzene rings is 1. The Balaban J connectivity index is 3.04. The zero-order chi connectivity index (χ0) is 15.6. The first-order chi connectivity index (χ1) is 9.07. The highest BCUT2D eigenvalue weighted by Gasteiger charge is 2.32. The largest absolute Gasteiger partial charge is 0.416 e. The van der Waals surface area contributed by atoms with Crippen LogP contribution in [0.4, 0.5) is 17.6 Å². The van der Waals surface area contributed by atoms with E-state index in [1.165, 1.54) is 0 Å². The Morgan fingerprint density at radius 1 is 1.30 bits per heavy atom. The van der Waals surface area contributed by atoms with Crippen molar-refractivity contribution in [2.45, 2.75) is 32.0 Å². The van der Waals surface area contributed by atoms with Gasteiger partial charge in [-0.2, -0.15) is 13.2 Å². The number of halogens is 4. The summed E-state index contributed by atoms with van der Waals surface area (Å²) in [5, 5.41) is 11.2. The molecule has 112 valence electrons. The molecule has 0 aliphatic heterocycles. The van der Waals surface area contributed by atoms with Gasteiger partial charge in [-0.05, 0) is 38.5 Å². The third-order valence-corrected chi connectivity index (χ3v) is 2.73. The minimum atomic E-state index is -4.65. The number of carbonyl (C=O) groups excluding carboxylic acids is 1. The number of aliphatic hydroxyl groups excluding tert-OH is 1.